The minimum absolute atomic E-state index is 0.580. The molecule has 2 N–H and O–H groups in total. The molecule has 198 valence electrons. The van der Waals surface area contributed by atoms with Crippen LogP contribution in [0.2, 0.25) is 0 Å². The molecular formula is C22H23F6N3O5. The van der Waals surface area contributed by atoms with Crippen molar-refractivity contribution in [1.82, 2.24) is 14.9 Å². The fourth-order valence-electron chi connectivity index (χ4n) is 2.89. The molecule has 0 saturated heterocycles. The van der Waals surface area contributed by atoms with Crippen molar-refractivity contribution in [2.24, 2.45) is 0 Å². The van der Waals surface area contributed by atoms with E-state index in [2.05, 4.69) is 27.5 Å². The van der Waals surface area contributed by atoms with E-state index in [-0.39, 0.29) is 0 Å². The van der Waals surface area contributed by atoms with Crippen LogP contribution in [0.25, 0.3) is 0 Å². The van der Waals surface area contributed by atoms with Gasteiger partial charge in [-0.3, -0.25) is 14.9 Å². The summed E-state index contributed by atoms with van der Waals surface area (Å²) in [7, 11) is 0. The predicted molar refractivity (Wildman–Crippen MR) is 114 cm³/mol. The number of rotatable bonds is 6. The Bertz CT molecular complexity index is 976. The van der Waals surface area contributed by atoms with E-state index >= 15 is 0 Å². The van der Waals surface area contributed by atoms with E-state index in [9.17, 15) is 26.3 Å². The molecule has 0 fully saturated rings. The normalized spacial score (nSPS) is 13.3. The lowest BCUT2D eigenvalue weighted by Gasteiger charge is -2.29. The Morgan fingerprint density at radius 3 is 2.17 bits per heavy atom. The van der Waals surface area contributed by atoms with Crippen molar-refractivity contribution in [1.29, 1.82) is 0 Å². The van der Waals surface area contributed by atoms with Crippen molar-refractivity contribution in [2.75, 3.05) is 13.2 Å². The van der Waals surface area contributed by atoms with Crippen LogP contribution in [0, 0.1) is 0 Å². The predicted octanol–water partition coefficient (Wildman–Crippen LogP) is 4.00. The van der Waals surface area contributed by atoms with Crippen LogP contribution in [0.3, 0.4) is 0 Å². The van der Waals surface area contributed by atoms with Gasteiger partial charge in [-0.2, -0.15) is 26.3 Å². The highest BCUT2D eigenvalue weighted by molar-refractivity contribution is 5.73. The first-order chi connectivity index (χ1) is 16.8. The molecule has 0 aliphatic carbocycles. The molecule has 0 atom stereocenters. The summed E-state index contributed by atoms with van der Waals surface area (Å²) in [6, 6.07) is 4.12. The number of nitrogens with zero attached hydrogens (tertiary/aromatic N) is 3. The number of carbonyl (C=O) groups is 2. The van der Waals surface area contributed by atoms with Crippen LogP contribution < -0.4 is 0 Å². The number of hydrogen-bond acceptors (Lipinski definition) is 6. The first-order valence-electron chi connectivity index (χ1n) is 10.1. The SMILES string of the molecule is C=CCOCc1cncc2c1CCN(Cc1cccnc1)C2.O=C(O)C(F)(F)F.O=C(O)C(F)(F)F. The number of carboxylic acid groups (broad SMARTS) is 2. The van der Waals surface area contributed by atoms with Gasteiger partial charge in [0.05, 0.1) is 13.2 Å². The smallest absolute Gasteiger partial charge is 0.475 e. The highest BCUT2D eigenvalue weighted by atomic mass is 19.4. The molecule has 1 aliphatic rings. The second-order valence-electron chi connectivity index (χ2n) is 7.17. The number of ether oxygens (including phenoxy) is 1. The summed E-state index contributed by atoms with van der Waals surface area (Å²) < 4.78 is 69.0. The Hall–Kier alpha value is -3.52. The van der Waals surface area contributed by atoms with E-state index in [1.54, 1.807) is 6.08 Å². The molecule has 0 bridgehead atoms. The molecule has 3 heterocycles. The van der Waals surface area contributed by atoms with Gasteiger partial charge in [-0.1, -0.05) is 12.1 Å². The van der Waals surface area contributed by atoms with Crippen molar-refractivity contribution in [3.8, 4) is 0 Å². The third-order valence-corrected chi connectivity index (χ3v) is 4.42. The lowest BCUT2D eigenvalue weighted by Crippen LogP contribution is -2.31. The highest BCUT2D eigenvalue weighted by Gasteiger charge is 2.38. The average molecular weight is 523 g/mol. The maximum atomic E-state index is 10.6. The fourth-order valence-corrected chi connectivity index (χ4v) is 2.89. The largest absolute Gasteiger partial charge is 0.490 e. The molecule has 1 aliphatic heterocycles. The van der Waals surface area contributed by atoms with Crippen LogP contribution >= 0.6 is 0 Å². The van der Waals surface area contributed by atoms with Crippen LogP contribution in [-0.4, -0.2) is 62.5 Å². The third kappa shape index (κ3) is 11.3. The van der Waals surface area contributed by atoms with Gasteiger partial charge in [-0.15, -0.1) is 6.58 Å². The molecule has 14 heteroatoms. The number of hydrogen-bond donors (Lipinski definition) is 2. The third-order valence-electron chi connectivity index (χ3n) is 4.42. The lowest BCUT2D eigenvalue weighted by molar-refractivity contribution is -0.193. The first kappa shape index (κ1) is 30.5. The van der Waals surface area contributed by atoms with E-state index < -0.39 is 24.3 Å². The zero-order chi connectivity index (χ0) is 27.4. The summed E-state index contributed by atoms with van der Waals surface area (Å²) in [5.41, 5.74) is 5.18. The van der Waals surface area contributed by atoms with Crippen molar-refractivity contribution in [2.45, 2.75) is 38.5 Å². The molecule has 2 aromatic heterocycles. The van der Waals surface area contributed by atoms with E-state index in [0.717, 1.165) is 26.1 Å². The summed E-state index contributed by atoms with van der Waals surface area (Å²) in [6.45, 7) is 7.80. The zero-order valence-corrected chi connectivity index (χ0v) is 18.7. The standard InChI is InChI=1S/C18H21N3O.2C2HF3O2/c1-2-8-22-14-17-11-20-10-16-13-21(7-5-18(16)17)12-15-4-3-6-19-9-15;2*3-2(4,5)1(6)7/h2-4,6,9-11H,1,5,7-8,12-14H2;2*(H,6,7). The van der Waals surface area contributed by atoms with Crippen LogP contribution in [0.4, 0.5) is 26.3 Å². The molecule has 0 spiro atoms. The number of pyridine rings is 2. The van der Waals surface area contributed by atoms with Gasteiger partial charge in [-0.05, 0) is 34.7 Å². The van der Waals surface area contributed by atoms with Crippen LogP contribution in [-0.2, 0) is 40.4 Å². The maximum absolute atomic E-state index is 10.6. The van der Waals surface area contributed by atoms with Gasteiger partial charge in [0.25, 0.3) is 0 Å². The van der Waals surface area contributed by atoms with Gasteiger partial charge in [0, 0.05) is 44.4 Å². The Balaban J connectivity index is 0.000000383. The second kappa shape index (κ2) is 14.1. The van der Waals surface area contributed by atoms with Gasteiger partial charge in [-0.25, -0.2) is 9.59 Å². The highest BCUT2D eigenvalue weighted by Crippen LogP contribution is 2.23. The van der Waals surface area contributed by atoms with Crippen molar-refractivity contribution in [3.05, 3.63) is 71.8 Å². The number of carboxylic acids is 2. The first-order valence-corrected chi connectivity index (χ1v) is 10.1. The van der Waals surface area contributed by atoms with Crippen LogP contribution in [0.15, 0.2) is 49.6 Å². The quantitative estimate of drug-likeness (QED) is 0.332. The van der Waals surface area contributed by atoms with Crippen molar-refractivity contribution < 1.29 is 50.9 Å². The summed E-state index contributed by atoms with van der Waals surface area (Å²) in [5, 5.41) is 14.2. The lowest BCUT2D eigenvalue weighted by atomic mass is 9.97. The van der Waals surface area contributed by atoms with Gasteiger partial charge in [0.1, 0.15) is 0 Å². The second-order valence-corrected chi connectivity index (χ2v) is 7.17. The molecule has 2 aromatic rings. The van der Waals surface area contributed by atoms with Crippen molar-refractivity contribution in [3.63, 3.8) is 0 Å². The average Bonchev–Trinajstić information content (AvgIpc) is 2.79. The molecule has 0 amide bonds. The van der Waals surface area contributed by atoms with Gasteiger partial charge in [0.2, 0.25) is 0 Å². The number of halogens is 6. The Morgan fingerprint density at radius 2 is 1.67 bits per heavy atom. The Morgan fingerprint density at radius 1 is 1.06 bits per heavy atom. The molecule has 3 rings (SSSR count). The van der Waals surface area contributed by atoms with Crippen molar-refractivity contribution >= 4 is 11.9 Å². The minimum Gasteiger partial charge on any atom is -0.475 e. The van der Waals surface area contributed by atoms with E-state index in [0.29, 0.717) is 13.2 Å². The molecule has 0 aromatic carbocycles. The number of alkyl halides is 6. The van der Waals surface area contributed by atoms with Gasteiger partial charge < -0.3 is 14.9 Å². The molecule has 0 radical (unpaired) electrons. The van der Waals surface area contributed by atoms with Crippen LogP contribution in [0.1, 0.15) is 22.3 Å². The van der Waals surface area contributed by atoms with Gasteiger partial charge >= 0.3 is 24.3 Å². The monoisotopic (exact) mass is 523 g/mol. The summed E-state index contributed by atoms with van der Waals surface area (Å²) in [4.78, 5) is 28.8. The summed E-state index contributed by atoms with van der Waals surface area (Å²) >= 11 is 0. The molecular weight excluding hydrogens is 500 g/mol. The van der Waals surface area contributed by atoms with Gasteiger partial charge in [0.15, 0.2) is 0 Å². The molecule has 36 heavy (non-hydrogen) atoms. The summed E-state index contributed by atoms with van der Waals surface area (Å²) in [5.74, 6) is -5.51. The van der Waals surface area contributed by atoms with E-state index in [1.165, 1.54) is 22.3 Å². The zero-order valence-electron chi connectivity index (χ0n) is 18.7. The molecule has 0 saturated carbocycles. The van der Waals surface area contributed by atoms with E-state index in [1.807, 2.05) is 30.9 Å². The number of fused-ring (bicyclic) bond motifs is 1. The topological polar surface area (TPSA) is 113 Å². The Labute approximate surface area is 201 Å². The number of aromatic nitrogens is 2. The maximum Gasteiger partial charge on any atom is 0.490 e. The molecule has 0 unspecified atom stereocenters. The molecule has 8 nitrogen and oxygen atoms in total. The fraction of sp³-hybridized carbons (Fsp3) is 0.364. The minimum atomic E-state index is -5.08. The summed E-state index contributed by atoms with van der Waals surface area (Å²) in [6.07, 6.45) is 0.325. The van der Waals surface area contributed by atoms with Crippen LogP contribution in [0.5, 0.6) is 0 Å². The number of aliphatic carboxylic acids is 2. The van der Waals surface area contributed by atoms with E-state index in [4.69, 9.17) is 24.5 Å². The Kier molecular flexibility index (Phi) is 12.0.